The molecule has 1 aliphatic heterocycles. The minimum absolute atomic E-state index is 0.262. The maximum atomic E-state index is 12.1. The molecule has 19 heavy (non-hydrogen) atoms. The molecule has 1 fully saturated rings. The fourth-order valence-corrected chi connectivity index (χ4v) is 3.35. The van der Waals surface area contributed by atoms with Crippen LogP contribution in [0.2, 0.25) is 0 Å². The molecule has 0 saturated carbocycles. The zero-order chi connectivity index (χ0) is 13.9. The van der Waals surface area contributed by atoms with Crippen molar-refractivity contribution in [2.24, 2.45) is 11.8 Å². The van der Waals surface area contributed by atoms with E-state index in [0.29, 0.717) is 18.2 Å². The Morgan fingerprint density at radius 3 is 2.58 bits per heavy atom. The number of nitrogens with two attached hydrogens (primary N) is 1. The Morgan fingerprint density at radius 1 is 1.37 bits per heavy atom. The van der Waals surface area contributed by atoms with Gasteiger partial charge in [0, 0.05) is 18.8 Å². The van der Waals surface area contributed by atoms with E-state index in [1.165, 1.54) is 12.1 Å². The summed E-state index contributed by atoms with van der Waals surface area (Å²) in [6.07, 6.45) is 1.04. The minimum atomic E-state index is -3.43. The fourth-order valence-electron chi connectivity index (χ4n) is 2.23. The van der Waals surface area contributed by atoms with Crippen molar-refractivity contribution in [3.05, 3.63) is 24.3 Å². The topological polar surface area (TPSA) is 87.5 Å². The summed E-state index contributed by atoms with van der Waals surface area (Å²) >= 11 is 0. The summed E-state index contributed by atoms with van der Waals surface area (Å²) in [5.41, 5.74) is 3.14. The number of hydrogen-bond donors (Lipinski definition) is 3. The van der Waals surface area contributed by atoms with Gasteiger partial charge >= 0.3 is 0 Å². The smallest absolute Gasteiger partial charge is 0.240 e. The molecule has 0 amide bonds. The van der Waals surface area contributed by atoms with E-state index in [1.807, 2.05) is 7.05 Å². The van der Waals surface area contributed by atoms with E-state index in [4.69, 9.17) is 5.84 Å². The quantitative estimate of drug-likeness (QED) is 0.531. The predicted molar refractivity (Wildman–Crippen MR) is 75.0 cm³/mol. The molecular formula is C12H20N4O2S. The summed E-state index contributed by atoms with van der Waals surface area (Å²) in [7, 11) is -1.38. The van der Waals surface area contributed by atoms with Crippen molar-refractivity contribution in [2.75, 3.05) is 32.1 Å². The van der Waals surface area contributed by atoms with Crippen LogP contribution in [0.25, 0.3) is 0 Å². The van der Waals surface area contributed by atoms with E-state index in [-0.39, 0.29) is 4.90 Å². The first-order valence-corrected chi connectivity index (χ1v) is 7.74. The van der Waals surface area contributed by atoms with Crippen LogP contribution in [0.5, 0.6) is 0 Å². The van der Waals surface area contributed by atoms with Gasteiger partial charge in [-0.15, -0.1) is 0 Å². The molecule has 1 aromatic rings. The lowest BCUT2D eigenvalue weighted by Crippen LogP contribution is -2.30. The Balaban J connectivity index is 1.97. The van der Waals surface area contributed by atoms with Gasteiger partial charge in [0.15, 0.2) is 0 Å². The molecule has 0 aromatic heterocycles. The van der Waals surface area contributed by atoms with Gasteiger partial charge < -0.3 is 10.3 Å². The monoisotopic (exact) mass is 284 g/mol. The lowest BCUT2D eigenvalue weighted by atomic mass is 10.1. The van der Waals surface area contributed by atoms with Crippen molar-refractivity contribution in [1.82, 2.24) is 9.62 Å². The number of sulfonamides is 1. The first-order chi connectivity index (χ1) is 9.01. The molecule has 4 N–H and O–H groups in total. The Kier molecular flexibility index (Phi) is 4.41. The zero-order valence-corrected chi connectivity index (χ0v) is 11.8. The van der Waals surface area contributed by atoms with E-state index in [9.17, 15) is 8.42 Å². The summed E-state index contributed by atoms with van der Waals surface area (Å²) in [4.78, 5) is 2.47. The molecule has 0 bridgehead atoms. The van der Waals surface area contributed by atoms with Gasteiger partial charge in [-0.3, -0.25) is 5.84 Å². The largest absolute Gasteiger partial charge is 0.324 e. The van der Waals surface area contributed by atoms with Crippen molar-refractivity contribution in [2.45, 2.75) is 11.3 Å². The van der Waals surface area contributed by atoms with Crippen molar-refractivity contribution in [1.29, 1.82) is 0 Å². The van der Waals surface area contributed by atoms with Gasteiger partial charge in [-0.1, -0.05) is 0 Å². The minimum Gasteiger partial charge on any atom is -0.324 e. The van der Waals surface area contributed by atoms with E-state index < -0.39 is 10.0 Å². The number of nitrogens with zero attached hydrogens (tertiary/aromatic N) is 1. The number of rotatable bonds is 5. The molecule has 0 spiro atoms. The highest BCUT2D eigenvalue weighted by Gasteiger charge is 2.22. The summed E-state index contributed by atoms with van der Waals surface area (Å²) in [5.74, 6) is 5.64. The van der Waals surface area contributed by atoms with Crippen LogP contribution in [0.4, 0.5) is 5.69 Å². The molecule has 1 aliphatic rings. The second-order valence-electron chi connectivity index (χ2n) is 4.94. The first-order valence-electron chi connectivity index (χ1n) is 6.26. The van der Waals surface area contributed by atoms with E-state index in [1.54, 1.807) is 12.1 Å². The fraction of sp³-hybridized carbons (Fsp3) is 0.500. The third kappa shape index (κ3) is 3.66. The van der Waals surface area contributed by atoms with E-state index in [2.05, 4.69) is 15.0 Å². The van der Waals surface area contributed by atoms with E-state index in [0.717, 1.165) is 19.5 Å². The third-order valence-corrected chi connectivity index (χ3v) is 4.82. The normalized spacial score (nSPS) is 20.6. The number of benzene rings is 1. The number of hydrogen-bond acceptors (Lipinski definition) is 5. The predicted octanol–water partition coefficient (Wildman–Crippen LogP) is 0.202. The summed E-state index contributed by atoms with van der Waals surface area (Å²) in [6.45, 7) is 2.46. The van der Waals surface area contributed by atoms with Crippen LogP contribution in [-0.2, 0) is 10.0 Å². The number of likely N-dealkylation sites (tertiary alicyclic amines) is 1. The zero-order valence-electron chi connectivity index (χ0n) is 11.0. The van der Waals surface area contributed by atoms with Crippen LogP contribution in [0.15, 0.2) is 29.2 Å². The van der Waals surface area contributed by atoms with Gasteiger partial charge in [0.05, 0.1) is 4.90 Å². The average Bonchev–Trinajstić information content (AvgIpc) is 2.82. The standard InChI is InChI=1S/C12H20N4O2S/c1-16-7-6-10(9-16)8-14-19(17,18)12-4-2-11(15-13)3-5-12/h2-5,10,14-15H,6-9,13H2,1H3. The molecule has 1 unspecified atom stereocenters. The highest BCUT2D eigenvalue weighted by atomic mass is 32.2. The molecule has 0 aliphatic carbocycles. The lowest BCUT2D eigenvalue weighted by Gasteiger charge is -2.12. The van der Waals surface area contributed by atoms with Gasteiger partial charge in [-0.05, 0) is 50.2 Å². The Morgan fingerprint density at radius 2 is 2.05 bits per heavy atom. The lowest BCUT2D eigenvalue weighted by molar-refractivity contribution is 0.394. The SMILES string of the molecule is CN1CCC(CNS(=O)(=O)c2ccc(NN)cc2)C1. The highest BCUT2D eigenvalue weighted by molar-refractivity contribution is 7.89. The molecule has 7 heteroatoms. The Bertz CT molecular complexity index is 515. The molecule has 0 radical (unpaired) electrons. The third-order valence-electron chi connectivity index (χ3n) is 3.38. The Hall–Kier alpha value is -1.15. The maximum absolute atomic E-state index is 12.1. The van der Waals surface area contributed by atoms with Crippen LogP contribution >= 0.6 is 0 Å². The molecule has 1 aromatic carbocycles. The van der Waals surface area contributed by atoms with E-state index >= 15 is 0 Å². The molecule has 1 heterocycles. The van der Waals surface area contributed by atoms with Gasteiger partial charge in [0.1, 0.15) is 0 Å². The summed E-state index contributed by atoms with van der Waals surface area (Å²) in [5, 5.41) is 0. The molecular weight excluding hydrogens is 264 g/mol. The summed E-state index contributed by atoms with van der Waals surface area (Å²) < 4.78 is 26.9. The molecule has 1 atom stereocenters. The molecule has 2 rings (SSSR count). The van der Waals surface area contributed by atoms with Crippen LogP contribution in [0, 0.1) is 5.92 Å². The second-order valence-corrected chi connectivity index (χ2v) is 6.70. The van der Waals surface area contributed by atoms with Gasteiger partial charge in [-0.25, -0.2) is 13.1 Å². The number of hydrazine groups is 1. The van der Waals surface area contributed by atoms with Gasteiger partial charge in [0.2, 0.25) is 10.0 Å². The summed E-state index contributed by atoms with van der Waals surface area (Å²) in [6, 6.07) is 6.35. The molecule has 1 saturated heterocycles. The van der Waals surface area contributed by atoms with Crippen LogP contribution in [0.3, 0.4) is 0 Å². The number of anilines is 1. The van der Waals surface area contributed by atoms with Crippen molar-refractivity contribution in [3.63, 3.8) is 0 Å². The van der Waals surface area contributed by atoms with Crippen molar-refractivity contribution >= 4 is 15.7 Å². The average molecular weight is 284 g/mol. The van der Waals surface area contributed by atoms with Crippen molar-refractivity contribution in [3.8, 4) is 0 Å². The van der Waals surface area contributed by atoms with Crippen LogP contribution in [0.1, 0.15) is 6.42 Å². The molecule has 106 valence electrons. The van der Waals surface area contributed by atoms with Crippen molar-refractivity contribution < 1.29 is 8.42 Å². The van der Waals surface area contributed by atoms with Gasteiger partial charge in [-0.2, -0.15) is 0 Å². The molecule has 6 nitrogen and oxygen atoms in total. The number of nitrogens with one attached hydrogen (secondary N) is 2. The van der Waals surface area contributed by atoms with Crippen LogP contribution < -0.4 is 16.0 Å². The first kappa shape index (κ1) is 14.3. The van der Waals surface area contributed by atoms with Gasteiger partial charge in [0.25, 0.3) is 0 Å². The number of nitrogen functional groups attached to an aromatic ring is 1. The van der Waals surface area contributed by atoms with Crippen LogP contribution in [-0.4, -0.2) is 40.0 Å². The highest BCUT2D eigenvalue weighted by Crippen LogP contribution is 2.16. The maximum Gasteiger partial charge on any atom is 0.240 e. The second kappa shape index (κ2) is 5.87. The Labute approximate surface area is 114 Å².